The molecule has 8 nitrogen and oxygen atoms in total. The maximum Gasteiger partial charge on any atom is 0.416 e. The first-order valence-corrected chi connectivity index (χ1v) is 12.2. The average Bonchev–Trinajstić information content (AvgIpc) is 3.31. The summed E-state index contributed by atoms with van der Waals surface area (Å²) in [6.45, 7) is 7.87. The van der Waals surface area contributed by atoms with Crippen molar-refractivity contribution in [2.75, 3.05) is 48.7 Å². The molecule has 0 spiro atoms. The van der Waals surface area contributed by atoms with Crippen LogP contribution in [0.5, 0.6) is 0 Å². The average molecular weight is 506 g/mol. The van der Waals surface area contributed by atoms with Gasteiger partial charge in [0.05, 0.1) is 28.4 Å². The Morgan fingerprint density at radius 1 is 1.09 bits per heavy atom. The molecule has 1 aliphatic rings. The van der Waals surface area contributed by atoms with Gasteiger partial charge in [-0.3, -0.25) is 4.79 Å². The van der Waals surface area contributed by atoms with E-state index in [4.69, 9.17) is 0 Å². The third kappa shape index (κ3) is 5.93. The fourth-order valence-corrected chi connectivity index (χ4v) is 4.61. The molecule has 0 atom stereocenters. The van der Waals surface area contributed by atoms with Crippen LogP contribution in [0.4, 0.5) is 24.5 Å². The highest BCUT2D eigenvalue weighted by molar-refractivity contribution is 7.99. The number of halogens is 3. The normalized spacial score (nSPS) is 14.8. The van der Waals surface area contributed by atoms with E-state index in [2.05, 4.69) is 32.7 Å². The molecule has 2 aromatic carbocycles. The van der Waals surface area contributed by atoms with Crippen molar-refractivity contribution < 1.29 is 18.0 Å². The lowest BCUT2D eigenvalue weighted by Gasteiger charge is -2.36. The largest absolute Gasteiger partial charge is 0.416 e. The molecule has 1 aromatic heterocycles. The monoisotopic (exact) mass is 505 g/mol. The van der Waals surface area contributed by atoms with E-state index in [9.17, 15) is 18.0 Å². The highest BCUT2D eigenvalue weighted by Crippen LogP contribution is 2.36. The topological polar surface area (TPSA) is 79.2 Å². The minimum atomic E-state index is -4.51. The lowest BCUT2D eigenvalue weighted by atomic mass is 10.1. The first-order valence-electron chi connectivity index (χ1n) is 11.2. The van der Waals surface area contributed by atoms with Crippen molar-refractivity contribution in [3.05, 3.63) is 53.6 Å². The van der Waals surface area contributed by atoms with Crippen LogP contribution in [0, 0.1) is 6.92 Å². The Hall–Kier alpha value is -3.12. The summed E-state index contributed by atoms with van der Waals surface area (Å²) >= 11 is 1.11. The number of likely N-dealkylation sites (N-methyl/N-ethyl adjacent to an activating group) is 1. The second-order valence-electron chi connectivity index (χ2n) is 8.15. The predicted molar refractivity (Wildman–Crippen MR) is 129 cm³/mol. The predicted octanol–water partition coefficient (Wildman–Crippen LogP) is 3.86. The van der Waals surface area contributed by atoms with E-state index >= 15 is 0 Å². The van der Waals surface area contributed by atoms with Crippen LogP contribution in [0.1, 0.15) is 18.1 Å². The first kappa shape index (κ1) is 25.0. The molecule has 0 radical (unpaired) electrons. The number of tetrazole rings is 1. The quantitative estimate of drug-likeness (QED) is 0.489. The van der Waals surface area contributed by atoms with Crippen LogP contribution in [0.15, 0.2) is 47.6 Å². The number of piperazine rings is 1. The molecule has 1 saturated heterocycles. The van der Waals surface area contributed by atoms with Gasteiger partial charge in [-0.05, 0) is 53.7 Å². The summed E-state index contributed by atoms with van der Waals surface area (Å²) in [6.07, 6.45) is -4.51. The molecule has 1 aliphatic heterocycles. The van der Waals surface area contributed by atoms with Crippen molar-refractivity contribution in [3.63, 3.8) is 0 Å². The summed E-state index contributed by atoms with van der Waals surface area (Å²) in [5.74, 6) is -0.506. The van der Waals surface area contributed by atoms with Crippen molar-refractivity contribution in [1.82, 2.24) is 25.1 Å². The summed E-state index contributed by atoms with van der Waals surface area (Å²) in [5.41, 5.74) is 1.67. The molecular weight excluding hydrogens is 479 g/mol. The molecule has 35 heavy (non-hydrogen) atoms. The summed E-state index contributed by atoms with van der Waals surface area (Å²) < 4.78 is 41.7. The van der Waals surface area contributed by atoms with Crippen LogP contribution < -0.4 is 10.2 Å². The second kappa shape index (κ2) is 10.6. The molecule has 0 unspecified atom stereocenters. The molecule has 186 valence electrons. The first-order chi connectivity index (χ1) is 16.8. The molecule has 12 heteroatoms. The Kier molecular flexibility index (Phi) is 7.60. The van der Waals surface area contributed by atoms with E-state index in [1.54, 1.807) is 0 Å². The lowest BCUT2D eigenvalue weighted by Crippen LogP contribution is -2.46. The number of thioether (sulfide) groups is 1. The number of carbonyl (C=O) groups is 1. The smallest absolute Gasteiger partial charge is 0.367 e. The number of nitrogens with zero attached hydrogens (tertiary/aromatic N) is 6. The van der Waals surface area contributed by atoms with Gasteiger partial charge in [-0.25, -0.2) is 0 Å². The number of hydrogen-bond donors (Lipinski definition) is 1. The molecule has 3 aromatic rings. The molecule has 0 saturated carbocycles. The van der Waals surface area contributed by atoms with Gasteiger partial charge < -0.3 is 15.1 Å². The maximum absolute atomic E-state index is 13.4. The minimum absolute atomic E-state index is 0.0639. The van der Waals surface area contributed by atoms with Crippen LogP contribution in [0.3, 0.4) is 0 Å². The van der Waals surface area contributed by atoms with E-state index in [-0.39, 0.29) is 11.4 Å². The highest BCUT2D eigenvalue weighted by atomic mass is 32.2. The van der Waals surface area contributed by atoms with E-state index in [1.807, 2.05) is 36.1 Å². The number of alkyl halides is 3. The van der Waals surface area contributed by atoms with Crippen molar-refractivity contribution in [2.24, 2.45) is 0 Å². The SMILES string of the molecule is CCN1CCN(c2ccc(C(F)(F)F)cc2NC(=O)CSc2nnnn2-c2ccccc2C)CC1. The van der Waals surface area contributed by atoms with Gasteiger partial charge in [-0.1, -0.05) is 36.9 Å². The number of amides is 1. The zero-order valence-electron chi connectivity index (χ0n) is 19.4. The molecule has 0 bridgehead atoms. The van der Waals surface area contributed by atoms with Gasteiger partial charge in [0.1, 0.15) is 0 Å². The van der Waals surface area contributed by atoms with E-state index < -0.39 is 17.6 Å². The standard InChI is InChI=1S/C23H26F3N7OS/c1-3-31-10-12-32(13-11-31)20-9-8-17(23(24,25)26)14-18(20)27-21(34)15-35-22-28-29-30-33(22)19-7-5-4-6-16(19)2/h4-9,14H,3,10-13,15H2,1-2H3,(H,27,34). The third-order valence-electron chi connectivity index (χ3n) is 5.88. The number of aromatic nitrogens is 4. The summed E-state index contributed by atoms with van der Waals surface area (Å²) in [4.78, 5) is 17.1. The number of nitrogens with one attached hydrogen (secondary N) is 1. The Balaban J connectivity index is 1.50. The van der Waals surface area contributed by atoms with Crippen molar-refractivity contribution in [1.29, 1.82) is 0 Å². The Labute approximate surface area is 205 Å². The van der Waals surface area contributed by atoms with E-state index in [1.165, 1.54) is 10.7 Å². The van der Waals surface area contributed by atoms with Gasteiger partial charge in [0, 0.05) is 26.2 Å². The lowest BCUT2D eigenvalue weighted by molar-refractivity contribution is -0.137. The van der Waals surface area contributed by atoms with Gasteiger partial charge in [-0.15, -0.1) is 5.10 Å². The van der Waals surface area contributed by atoms with Gasteiger partial charge >= 0.3 is 6.18 Å². The van der Waals surface area contributed by atoms with Gasteiger partial charge in [0.15, 0.2) is 0 Å². The van der Waals surface area contributed by atoms with Crippen molar-refractivity contribution in [2.45, 2.75) is 25.2 Å². The van der Waals surface area contributed by atoms with Gasteiger partial charge in [0.2, 0.25) is 11.1 Å². The zero-order chi connectivity index (χ0) is 25.0. The van der Waals surface area contributed by atoms with Crippen LogP contribution in [-0.4, -0.2) is 69.5 Å². The fourth-order valence-electron chi connectivity index (χ4n) is 3.93. The zero-order valence-corrected chi connectivity index (χ0v) is 20.2. The van der Waals surface area contributed by atoms with E-state index in [0.29, 0.717) is 23.9 Å². The Bertz CT molecular complexity index is 1180. The maximum atomic E-state index is 13.4. The van der Waals surface area contributed by atoms with Crippen LogP contribution >= 0.6 is 11.8 Å². The molecule has 4 rings (SSSR count). The number of anilines is 2. The molecule has 1 N–H and O–H groups in total. The number of benzene rings is 2. The molecular formula is C23H26F3N7OS. The van der Waals surface area contributed by atoms with Gasteiger partial charge in [0.25, 0.3) is 0 Å². The van der Waals surface area contributed by atoms with Crippen molar-refractivity contribution in [3.8, 4) is 5.69 Å². The number of hydrogen-bond acceptors (Lipinski definition) is 7. The molecule has 1 fully saturated rings. The number of aryl methyl sites for hydroxylation is 1. The number of para-hydroxylation sites is 1. The van der Waals surface area contributed by atoms with Crippen LogP contribution in [0.25, 0.3) is 5.69 Å². The third-order valence-corrected chi connectivity index (χ3v) is 6.79. The molecule has 1 amide bonds. The Morgan fingerprint density at radius 2 is 1.83 bits per heavy atom. The fraction of sp³-hybridized carbons (Fsp3) is 0.391. The number of carbonyl (C=O) groups excluding carboxylic acids is 1. The summed E-state index contributed by atoms with van der Waals surface area (Å²) in [5, 5.41) is 14.8. The molecule has 0 aliphatic carbocycles. The van der Waals surface area contributed by atoms with Crippen LogP contribution in [-0.2, 0) is 11.0 Å². The Morgan fingerprint density at radius 3 is 2.51 bits per heavy atom. The van der Waals surface area contributed by atoms with E-state index in [0.717, 1.165) is 54.8 Å². The second-order valence-corrected chi connectivity index (χ2v) is 9.09. The summed E-state index contributed by atoms with van der Waals surface area (Å²) in [6, 6.07) is 11.0. The van der Waals surface area contributed by atoms with Gasteiger partial charge in [-0.2, -0.15) is 17.9 Å². The molecule has 2 heterocycles. The number of rotatable bonds is 7. The highest BCUT2D eigenvalue weighted by Gasteiger charge is 2.32. The summed E-state index contributed by atoms with van der Waals surface area (Å²) in [7, 11) is 0. The van der Waals surface area contributed by atoms with Crippen LogP contribution in [0.2, 0.25) is 0 Å². The minimum Gasteiger partial charge on any atom is -0.367 e. The van der Waals surface area contributed by atoms with Crippen molar-refractivity contribution >= 4 is 29.0 Å².